The molecule has 31 heavy (non-hydrogen) atoms. The van der Waals surface area contributed by atoms with Gasteiger partial charge in [-0.2, -0.15) is 0 Å². The molecule has 0 radical (unpaired) electrons. The summed E-state index contributed by atoms with van der Waals surface area (Å²) in [6.45, 7) is 8.72. The molecule has 1 N–H and O–H groups in total. The number of nitrogens with zero attached hydrogens (tertiary/aromatic N) is 2. The second-order valence-electron chi connectivity index (χ2n) is 7.60. The zero-order valence-electron chi connectivity index (χ0n) is 18.1. The molecule has 5 nitrogen and oxygen atoms in total. The van der Waals surface area contributed by atoms with Gasteiger partial charge in [0.05, 0.1) is 0 Å². The minimum absolute atomic E-state index is 0.136. The molecule has 3 aromatic rings. The second-order valence-corrected chi connectivity index (χ2v) is 7.60. The normalized spacial score (nSPS) is 11.0. The van der Waals surface area contributed by atoms with Crippen LogP contribution in [0.3, 0.4) is 0 Å². The van der Waals surface area contributed by atoms with Crippen molar-refractivity contribution >= 4 is 5.91 Å². The van der Waals surface area contributed by atoms with E-state index in [4.69, 9.17) is 4.74 Å². The lowest BCUT2D eigenvalue weighted by Crippen LogP contribution is -2.30. The Kier molecular flexibility index (Phi) is 7.73. The van der Waals surface area contributed by atoms with Gasteiger partial charge in [0.2, 0.25) is 5.88 Å². The number of rotatable bonds is 9. The minimum Gasteiger partial charge on any atom is -0.439 e. The van der Waals surface area contributed by atoms with Crippen LogP contribution >= 0.6 is 0 Å². The molecule has 2 aromatic carbocycles. The van der Waals surface area contributed by atoms with Gasteiger partial charge in [0, 0.05) is 43.0 Å². The van der Waals surface area contributed by atoms with Crippen LogP contribution in [0.4, 0.5) is 4.39 Å². The lowest BCUT2D eigenvalue weighted by atomic mass is 10.1. The van der Waals surface area contributed by atoms with Gasteiger partial charge < -0.3 is 10.1 Å². The number of amides is 1. The number of carbonyl (C=O) groups excluding carboxylic acids is 1. The summed E-state index contributed by atoms with van der Waals surface area (Å²) in [7, 11) is 0. The van der Waals surface area contributed by atoms with E-state index in [9.17, 15) is 9.18 Å². The highest BCUT2D eigenvalue weighted by Crippen LogP contribution is 2.20. The van der Waals surface area contributed by atoms with Gasteiger partial charge in [0.1, 0.15) is 11.6 Å². The number of nitrogens with one attached hydrogen (secondary N) is 1. The first-order valence-corrected chi connectivity index (χ1v) is 10.4. The van der Waals surface area contributed by atoms with E-state index in [1.54, 1.807) is 24.4 Å². The molecular weight excluding hydrogens is 393 g/mol. The molecule has 0 saturated carbocycles. The number of hydrogen-bond acceptors (Lipinski definition) is 4. The summed E-state index contributed by atoms with van der Waals surface area (Å²) in [4.78, 5) is 19.0. The van der Waals surface area contributed by atoms with Crippen molar-refractivity contribution in [2.24, 2.45) is 0 Å². The predicted molar refractivity (Wildman–Crippen MR) is 120 cm³/mol. The van der Waals surface area contributed by atoms with Crippen molar-refractivity contribution in [3.8, 4) is 11.6 Å². The van der Waals surface area contributed by atoms with Gasteiger partial charge in [0.25, 0.3) is 5.91 Å². The third-order valence-corrected chi connectivity index (χ3v) is 5.01. The number of benzene rings is 2. The minimum atomic E-state index is -0.368. The lowest BCUT2D eigenvalue weighted by molar-refractivity contribution is 0.0951. The molecule has 1 amide bonds. The maximum atomic E-state index is 13.2. The maximum Gasteiger partial charge on any atom is 0.251 e. The molecule has 1 heterocycles. The summed E-state index contributed by atoms with van der Waals surface area (Å²) in [6, 6.07) is 17.6. The van der Waals surface area contributed by atoms with Crippen LogP contribution in [0.15, 0.2) is 66.9 Å². The number of halogens is 1. The molecule has 0 saturated heterocycles. The van der Waals surface area contributed by atoms with E-state index < -0.39 is 0 Å². The molecule has 1 aromatic heterocycles. The van der Waals surface area contributed by atoms with Gasteiger partial charge in [0.15, 0.2) is 0 Å². The number of carbonyl (C=O) groups is 1. The van der Waals surface area contributed by atoms with E-state index in [-0.39, 0.29) is 11.7 Å². The molecule has 162 valence electrons. The van der Waals surface area contributed by atoms with Crippen LogP contribution in [0.2, 0.25) is 0 Å². The van der Waals surface area contributed by atoms with Gasteiger partial charge >= 0.3 is 0 Å². The quantitative estimate of drug-likeness (QED) is 0.518. The number of pyridine rings is 1. The molecule has 0 bridgehead atoms. The molecule has 3 rings (SSSR count). The summed E-state index contributed by atoms with van der Waals surface area (Å²) >= 11 is 0. The lowest BCUT2D eigenvalue weighted by Gasteiger charge is -2.24. The van der Waals surface area contributed by atoms with Gasteiger partial charge in [-0.1, -0.05) is 31.2 Å². The highest BCUT2D eigenvalue weighted by Gasteiger charge is 2.10. The standard InChI is InChI=1S/C25H28FN3O2/c1-4-29(18(2)3)17-19-8-11-21(12-9-19)25(30)28-16-20-10-13-24(27-15-20)31-23-7-5-6-22(26)14-23/h5-15,18H,4,16-17H2,1-3H3,(H,28,30). The van der Waals surface area contributed by atoms with E-state index in [2.05, 4.69) is 36.0 Å². The van der Waals surface area contributed by atoms with E-state index in [0.717, 1.165) is 18.7 Å². The Bertz CT molecular complexity index is 988. The molecule has 0 aliphatic rings. The van der Waals surface area contributed by atoms with E-state index in [0.29, 0.717) is 29.8 Å². The fraction of sp³-hybridized carbons (Fsp3) is 0.280. The largest absolute Gasteiger partial charge is 0.439 e. The number of aromatic nitrogens is 1. The van der Waals surface area contributed by atoms with Crippen LogP contribution in [-0.2, 0) is 13.1 Å². The highest BCUT2D eigenvalue weighted by molar-refractivity contribution is 5.94. The first-order chi connectivity index (χ1) is 14.9. The molecular formula is C25H28FN3O2. The van der Waals surface area contributed by atoms with Crippen LogP contribution in [0.1, 0.15) is 42.3 Å². The zero-order valence-corrected chi connectivity index (χ0v) is 18.1. The third kappa shape index (κ3) is 6.62. The molecule has 0 atom stereocenters. The van der Waals surface area contributed by atoms with Crippen LogP contribution < -0.4 is 10.1 Å². The van der Waals surface area contributed by atoms with Gasteiger partial charge in [-0.15, -0.1) is 0 Å². The smallest absolute Gasteiger partial charge is 0.251 e. The van der Waals surface area contributed by atoms with Crippen molar-refractivity contribution < 1.29 is 13.9 Å². The average Bonchev–Trinajstić information content (AvgIpc) is 2.77. The molecule has 0 aliphatic heterocycles. The average molecular weight is 422 g/mol. The van der Waals surface area contributed by atoms with Gasteiger partial charge in [-0.05, 0) is 55.8 Å². The Morgan fingerprint density at radius 1 is 1.10 bits per heavy atom. The van der Waals surface area contributed by atoms with Crippen LogP contribution in [0.25, 0.3) is 0 Å². The van der Waals surface area contributed by atoms with Crippen molar-refractivity contribution in [2.45, 2.75) is 39.9 Å². The second kappa shape index (κ2) is 10.7. The Balaban J connectivity index is 1.52. The monoisotopic (exact) mass is 421 g/mol. The summed E-state index contributed by atoms with van der Waals surface area (Å²) in [5.74, 6) is 0.238. The van der Waals surface area contributed by atoms with E-state index >= 15 is 0 Å². The van der Waals surface area contributed by atoms with Crippen LogP contribution in [-0.4, -0.2) is 28.4 Å². The molecule has 0 unspecified atom stereocenters. The van der Waals surface area contributed by atoms with Gasteiger partial charge in [-0.3, -0.25) is 9.69 Å². The molecule has 0 aliphatic carbocycles. The third-order valence-electron chi connectivity index (χ3n) is 5.01. The summed E-state index contributed by atoms with van der Waals surface area (Å²) in [5, 5.41) is 2.90. The molecule has 6 heteroatoms. The zero-order chi connectivity index (χ0) is 22.2. The van der Waals surface area contributed by atoms with Crippen molar-refractivity contribution in [1.82, 2.24) is 15.2 Å². The highest BCUT2D eigenvalue weighted by atomic mass is 19.1. The first-order valence-electron chi connectivity index (χ1n) is 10.4. The predicted octanol–water partition coefficient (Wildman–Crippen LogP) is 5.17. The topological polar surface area (TPSA) is 54.5 Å². The van der Waals surface area contributed by atoms with Gasteiger partial charge in [-0.25, -0.2) is 9.37 Å². The van der Waals surface area contributed by atoms with E-state index in [1.807, 2.05) is 30.3 Å². The fourth-order valence-corrected chi connectivity index (χ4v) is 3.17. The first kappa shape index (κ1) is 22.4. The molecule has 0 fully saturated rings. The summed E-state index contributed by atoms with van der Waals surface area (Å²) < 4.78 is 18.8. The van der Waals surface area contributed by atoms with Crippen molar-refractivity contribution in [3.05, 3.63) is 89.4 Å². The van der Waals surface area contributed by atoms with Crippen molar-refractivity contribution in [2.75, 3.05) is 6.54 Å². The summed E-state index contributed by atoms with van der Waals surface area (Å²) in [5.41, 5.74) is 2.65. The maximum absolute atomic E-state index is 13.2. The number of hydrogen-bond donors (Lipinski definition) is 1. The SMILES string of the molecule is CCN(Cc1ccc(C(=O)NCc2ccc(Oc3cccc(F)c3)nc2)cc1)C(C)C. The van der Waals surface area contributed by atoms with Crippen LogP contribution in [0, 0.1) is 5.82 Å². The summed E-state index contributed by atoms with van der Waals surface area (Å²) in [6.07, 6.45) is 1.63. The fourth-order valence-electron chi connectivity index (χ4n) is 3.17. The van der Waals surface area contributed by atoms with Crippen molar-refractivity contribution in [3.63, 3.8) is 0 Å². The Morgan fingerprint density at radius 2 is 1.84 bits per heavy atom. The molecule has 0 spiro atoms. The van der Waals surface area contributed by atoms with Crippen molar-refractivity contribution in [1.29, 1.82) is 0 Å². The number of ether oxygens (including phenoxy) is 1. The van der Waals surface area contributed by atoms with Crippen LogP contribution in [0.5, 0.6) is 11.6 Å². The Hall–Kier alpha value is -3.25. The Labute approximate surface area is 182 Å². The van der Waals surface area contributed by atoms with E-state index in [1.165, 1.54) is 17.7 Å². The Morgan fingerprint density at radius 3 is 2.45 bits per heavy atom.